The van der Waals surface area contributed by atoms with Crippen LogP contribution in [0.3, 0.4) is 0 Å². The molecule has 0 saturated heterocycles. The van der Waals surface area contributed by atoms with Gasteiger partial charge in [0, 0.05) is 50.0 Å². The summed E-state index contributed by atoms with van der Waals surface area (Å²) in [6.07, 6.45) is 7.41. The number of imidazole rings is 1. The number of nitrogens with one attached hydrogen (secondary N) is 2. The van der Waals surface area contributed by atoms with Crippen molar-refractivity contribution in [3.8, 4) is 11.1 Å². The highest BCUT2D eigenvalue weighted by Crippen LogP contribution is 2.23. The molecule has 3 heterocycles. The summed E-state index contributed by atoms with van der Waals surface area (Å²) in [6.45, 7) is 6.62. The third kappa shape index (κ3) is 4.42. The van der Waals surface area contributed by atoms with E-state index in [-0.39, 0.29) is 11.4 Å². The molecule has 31 heavy (non-hydrogen) atoms. The SMILES string of the molecule is CN(C)c1ncc(-c2ccc3nc(CNC(=O)c4ccn(C(C)(C)C)c4)[nH]c3c2)cn1. The number of anilines is 1. The predicted octanol–water partition coefficient (Wildman–Crippen LogP) is 3.57. The molecule has 8 nitrogen and oxygen atoms in total. The van der Waals surface area contributed by atoms with E-state index in [1.807, 2.05) is 72.6 Å². The maximum absolute atomic E-state index is 12.5. The topological polar surface area (TPSA) is 91.7 Å². The van der Waals surface area contributed by atoms with Crippen molar-refractivity contribution in [1.82, 2.24) is 29.8 Å². The zero-order valence-corrected chi connectivity index (χ0v) is 18.5. The Bertz CT molecular complexity index is 1210. The van der Waals surface area contributed by atoms with Crippen LogP contribution in [-0.4, -0.2) is 44.5 Å². The number of carbonyl (C=O) groups is 1. The Morgan fingerprint density at radius 1 is 1.13 bits per heavy atom. The highest BCUT2D eigenvalue weighted by molar-refractivity contribution is 5.94. The van der Waals surface area contributed by atoms with Crippen LogP contribution in [0.1, 0.15) is 37.0 Å². The maximum Gasteiger partial charge on any atom is 0.253 e. The van der Waals surface area contributed by atoms with Crippen LogP contribution in [0.4, 0.5) is 5.95 Å². The number of hydrogen-bond donors (Lipinski definition) is 2. The van der Waals surface area contributed by atoms with Crippen molar-refractivity contribution in [2.24, 2.45) is 0 Å². The molecule has 2 N–H and O–H groups in total. The Kier molecular flexibility index (Phi) is 5.22. The molecule has 0 spiro atoms. The summed E-state index contributed by atoms with van der Waals surface area (Å²) < 4.78 is 2.03. The lowest BCUT2D eigenvalue weighted by molar-refractivity contribution is 0.0950. The molecule has 1 amide bonds. The van der Waals surface area contributed by atoms with Crippen molar-refractivity contribution < 1.29 is 4.79 Å². The molecule has 0 aliphatic rings. The fourth-order valence-corrected chi connectivity index (χ4v) is 3.24. The van der Waals surface area contributed by atoms with Crippen molar-refractivity contribution in [1.29, 1.82) is 0 Å². The number of fused-ring (bicyclic) bond motifs is 1. The van der Waals surface area contributed by atoms with Gasteiger partial charge in [0.25, 0.3) is 5.91 Å². The smallest absolute Gasteiger partial charge is 0.253 e. The van der Waals surface area contributed by atoms with Gasteiger partial charge in [0.05, 0.1) is 23.1 Å². The molecule has 8 heteroatoms. The standard InChI is InChI=1S/C23H27N7O/c1-23(2,3)30-9-8-16(14-30)21(31)24-13-20-27-18-7-6-15(10-19(18)28-20)17-11-25-22(26-12-17)29(4)5/h6-12,14H,13H2,1-5H3,(H,24,31)(H,27,28). The fraction of sp³-hybridized carbons (Fsp3) is 0.304. The summed E-state index contributed by atoms with van der Waals surface area (Å²) in [5.41, 5.74) is 4.25. The molecule has 4 aromatic rings. The third-order valence-corrected chi connectivity index (χ3v) is 5.05. The van der Waals surface area contributed by atoms with Gasteiger partial charge in [-0.15, -0.1) is 0 Å². The van der Waals surface area contributed by atoms with Crippen LogP contribution in [0.15, 0.2) is 49.1 Å². The second-order valence-electron chi connectivity index (χ2n) is 8.74. The fourth-order valence-electron chi connectivity index (χ4n) is 3.24. The first kappa shape index (κ1) is 20.6. The van der Waals surface area contributed by atoms with E-state index in [2.05, 4.69) is 46.0 Å². The van der Waals surface area contributed by atoms with Crippen molar-refractivity contribution >= 4 is 22.9 Å². The van der Waals surface area contributed by atoms with Gasteiger partial charge in [-0.3, -0.25) is 4.79 Å². The number of H-pyrrole nitrogens is 1. The van der Waals surface area contributed by atoms with Gasteiger partial charge < -0.3 is 19.8 Å². The molecular formula is C23H27N7O. The number of benzene rings is 1. The number of carbonyl (C=O) groups excluding carboxylic acids is 1. The second-order valence-corrected chi connectivity index (χ2v) is 8.74. The molecule has 160 valence electrons. The molecule has 1 aromatic carbocycles. The molecule has 0 radical (unpaired) electrons. The summed E-state index contributed by atoms with van der Waals surface area (Å²) >= 11 is 0. The summed E-state index contributed by atoms with van der Waals surface area (Å²) in [5, 5.41) is 2.93. The van der Waals surface area contributed by atoms with Crippen molar-refractivity contribution in [3.63, 3.8) is 0 Å². The minimum absolute atomic E-state index is 0.0627. The minimum atomic E-state index is -0.123. The van der Waals surface area contributed by atoms with Gasteiger partial charge in [-0.25, -0.2) is 15.0 Å². The molecule has 0 saturated carbocycles. The average Bonchev–Trinajstić information content (AvgIpc) is 3.38. The molecule has 4 rings (SSSR count). The Morgan fingerprint density at radius 3 is 2.52 bits per heavy atom. The van der Waals surface area contributed by atoms with Crippen molar-refractivity contribution in [3.05, 3.63) is 60.4 Å². The Morgan fingerprint density at radius 2 is 1.87 bits per heavy atom. The van der Waals surface area contributed by atoms with Gasteiger partial charge in [-0.05, 0) is 44.5 Å². The number of nitrogens with zero attached hydrogens (tertiary/aromatic N) is 5. The predicted molar refractivity (Wildman–Crippen MR) is 122 cm³/mol. The van der Waals surface area contributed by atoms with Gasteiger partial charge in [0.2, 0.25) is 5.95 Å². The third-order valence-electron chi connectivity index (χ3n) is 5.05. The van der Waals surface area contributed by atoms with Crippen molar-refractivity contribution in [2.75, 3.05) is 19.0 Å². The van der Waals surface area contributed by atoms with Crippen LogP contribution in [0.25, 0.3) is 22.2 Å². The van der Waals surface area contributed by atoms with E-state index in [0.717, 1.165) is 22.2 Å². The molecule has 0 aliphatic carbocycles. The molecule has 0 unspecified atom stereocenters. The van der Waals surface area contributed by atoms with Crippen LogP contribution in [0.5, 0.6) is 0 Å². The average molecular weight is 418 g/mol. The zero-order chi connectivity index (χ0) is 22.2. The molecule has 0 atom stereocenters. The first-order valence-electron chi connectivity index (χ1n) is 10.2. The number of aromatic amines is 1. The summed E-state index contributed by atoms with van der Waals surface area (Å²) in [7, 11) is 3.82. The zero-order valence-electron chi connectivity index (χ0n) is 18.5. The number of aromatic nitrogens is 5. The molecule has 0 aliphatic heterocycles. The second kappa shape index (κ2) is 7.86. The Balaban J connectivity index is 1.47. The number of rotatable bonds is 5. The van der Waals surface area contributed by atoms with Crippen LogP contribution in [-0.2, 0) is 12.1 Å². The van der Waals surface area contributed by atoms with E-state index in [1.165, 1.54) is 0 Å². The maximum atomic E-state index is 12.5. The van der Waals surface area contributed by atoms with Gasteiger partial charge in [0.1, 0.15) is 5.82 Å². The first-order valence-corrected chi connectivity index (χ1v) is 10.2. The van der Waals surface area contributed by atoms with E-state index < -0.39 is 0 Å². The van der Waals surface area contributed by atoms with Gasteiger partial charge in [0.15, 0.2) is 0 Å². The van der Waals surface area contributed by atoms with E-state index in [9.17, 15) is 4.79 Å². The number of amides is 1. The van der Waals surface area contributed by atoms with Crippen molar-refractivity contribution in [2.45, 2.75) is 32.9 Å². The van der Waals surface area contributed by atoms with Crippen LogP contribution in [0.2, 0.25) is 0 Å². The number of hydrogen-bond acceptors (Lipinski definition) is 5. The van der Waals surface area contributed by atoms with Crippen LogP contribution >= 0.6 is 0 Å². The quantitative estimate of drug-likeness (QED) is 0.518. The summed E-state index contributed by atoms with van der Waals surface area (Å²) in [5.74, 6) is 1.25. The Labute approximate surface area is 181 Å². The van der Waals surface area contributed by atoms with Gasteiger partial charge in [-0.2, -0.15) is 0 Å². The van der Waals surface area contributed by atoms with E-state index in [0.29, 0.717) is 23.9 Å². The monoisotopic (exact) mass is 417 g/mol. The molecule has 0 bridgehead atoms. The van der Waals surface area contributed by atoms with Crippen LogP contribution < -0.4 is 10.2 Å². The summed E-state index contributed by atoms with van der Waals surface area (Å²) in [6, 6.07) is 7.80. The van der Waals surface area contributed by atoms with E-state index in [4.69, 9.17) is 0 Å². The highest BCUT2D eigenvalue weighted by atomic mass is 16.1. The summed E-state index contributed by atoms with van der Waals surface area (Å²) in [4.78, 5) is 31.0. The molecule has 0 fully saturated rings. The minimum Gasteiger partial charge on any atom is -0.348 e. The lowest BCUT2D eigenvalue weighted by atomic mass is 10.1. The molecular weight excluding hydrogens is 390 g/mol. The highest BCUT2D eigenvalue weighted by Gasteiger charge is 2.15. The lowest BCUT2D eigenvalue weighted by Crippen LogP contribution is -2.24. The van der Waals surface area contributed by atoms with E-state index in [1.54, 1.807) is 0 Å². The van der Waals surface area contributed by atoms with E-state index >= 15 is 0 Å². The lowest BCUT2D eigenvalue weighted by Gasteiger charge is -2.20. The normalized spacial score (nSPS) is 11.6. The largest absolute Gasteiger partial charge is 0.348 e. The van der Waals surface area contributed by atoms with Gasteiger partial charge >= 0.3 is 0 Å². The molecule has 3 aromatic heterocycles. The van der Waals surface area contributed by atoms with Crippen LogP contribution in [0, 0.1) is 0 Å². The first-order chi connectivity index (χ1) is 14.7. The Hall–Kier alpha value is -3.68. The van der Waals surface area contributed by atoms with Gasteiger partial charge in [-0.1, -0.05) is 6.07 Å².